The van der Waals surface area contributed by atoms with E-state index in [1.807, 2.05) is 17.0 Å². The number of methoxy groups -OCH3 is 1. The van der Waals surface area contributed by atoms with Crippen LogP contribution in [0.1, 0.15) is 30.1 Å². The lowest BCUT2D eigenvalue weighted by atomic mass is 10.00. The summed E-state index contributed by atoms with van der Waals surface area (Å²) in [5.41, 5.74) is 7.61. The first-order valence-electron chi connectivity index (χ1n) is 10.1. The predicted molar refractivity (Wildman–Crippen MR) is 117 cm³/mol. The number of nitrogens with zero attached hydrogens (tertiary/aromatic N) is 3. The number of carbonyl (C=O) groups excluding carboxylic acids is 3. The van der Waals surface area contributed by atoms with Gasteiger partial charge in [-0.25, -0.2) is 4.79 Å². The second-order valence-corrected chi connectivity index (χ2v) is 7.81. The summed E-state index contributed by atoms with van der Waals surface area (Å²) in [5.74, 6) is -0.445. The summed E-state index contributed by atoms with van der Waals surface area (Å²) in [5, 5.41) is 0. The molecule has 2 saturated heterocycles. The van der Waals surface area contributed by atoms with Crippen LogP contribution in [0.5, 0.6) is 0 Å². The predicted octanol–water partition coefficient (Wildman–Crippen LogP) is 1.13. The molecule has 0 saturated carbocycles. The third-order valence-corrected chi connectivity index (χ3v) is 5.82. The molecule has 0 unspecified atom stereocenters. The van der Waals surface area contributed by atoms with Crippen LogP contribution in [-0.2, 0) is 14.3 Å². The lowest BCUT2D eigenvalue weighted by Crippen LogP contribution is -2.51. The third kappa shape index (κ3) is 5.64. The fourth-order valence-electron chi connectivity index (χ4n) is 4.05. The van der Waals surface area contributed by atoms with Gasteiger partial charge in [0.2, 0.25) is 11.8 Å². The van der Waals surface area contributed by atoms with E-state index in [1.165, 1.54) is 14.0 Å². The van der Waals surface area contributed by atoms with Crippen LogP contribution in [0.4, 0.5) is 5.69 Å². The molecule has 8 nitrogen and oxygen atoms in total. The standard InChI is InChI=1S/C21H30N4O4.ClH/c1-15(26)25-13-17(3-6-18(22)14-25)20(27)24-11-9-23(10-12-24)19-7-4-16(5-8-19)21(28)29-2;/h4-5,7-8,17-18H,3,6,9-14,22H2,1-2H3;1H/t17-,18+;/m1./s1. The third-order valence-electron chi connectivity index (χ3n) is 5.82. The zero-order valence-corrected chi connectivity index (χ0v) is 18.4. The van der Waals surface area contributed by atoms with Gasteiger partial charge in [-0.1, -0.05) is 0 Å². The number of piperazine rings is 1. The molecule has 0 bridgehead atoms. The van der Waals surface area contributed by atoms with Crippen LogP contribution in [-0.4, -0.2) is 80.0 Å². The van der Waals surface area contributed by atoms with Crippen molar-refractivity contribution in [2.75, 3.05) is 51.3 Å². The zero-order chi connectivity index (χ0) is 21.0. The summed E-state index contributed by atoms with van der Waals surface area (Å²) in [4.78, 5) is 42.3. The van der Waals surface area contributed by atoms with E-state index in [2.05, 4.69) is 4.90 Å². The average Bonchev–Trinajstić information content (AvgIpc) is 2.95. The van der Waals surface area contributed by atoms with Crippen LogP contribution >= 0.6 is 12.4 Å². The lowest BCUT2D eigenvalue weighted by Gasteiger charge is -2.38. The Hall–Kier alpha value is -2.32. The number of benzene rings is 1. The Morgan fingerprint density at radius 1 is 0.967 bits per heavy atom. The van der Waals surface area contributed by atoms with Crippen molar-refractivity contribution in [2.24, 2.45) is 11.7 Å². The number of nitrogens with two attached hydrogens (primary N) is 1. The molecule has 2 heterocycles. The summed E-state index contributed by atoms with van der Waals surface area (Å²) in [6, 6.07) is 7.25. The molecular weight excluding hydrogens is 408 g/mol. The number of likely N-dealkylation sites (tertiary alicyclic amines) is 1. The van der Waals surface area contributed by atoms with Gasteiger partial charge in [0.1, 0.15) is 0 Å². The smallest absolute Gasteiger partial charge is 0.337 e. The Morgan fingerprint density at radius 2 is 1.60 bits per heavy atom. The second-order valence-electron chi connectivity index (χ2n) is 7.81. The fraction of sp³-hybridized carbons (Fsp3) is 0.571. The van der Waals surface area contributed by atoms with Crippen LogP contribution < -0.4 is 10.6 Å². The molecule has 0 spiro atoms. The Kier molecular flexibility index (Phi) is 8.49. The average molecular weight is 439 g/mol. The highest BCUT2D eigenvalue weighted by molar-refractivity contribution is 5.89. The number of carbonyl (C=O) groups is 3. The molecule has 2 fully saturated rings. The van der Waals surface area contributed by atoms with Crippen LogP contribution in [0.15, 0.2) is 24.3 Å². The van der Waals surface area contributed by atoms with Gasteiger partial charge in [-0.3, -0.25) is 9.59 Å². The molecule has 166 valence electrons. The maximum absolute atomic E-state index is 13.1. The van der Waals surface area contributed by atoms with Crippen molar-refractivity contribution >= 4 is 35.9 Å². The molecule has 0 aromatic heterocycles. The number of anilines is 1. The van der Waals surface area contributed by atoms with Crippen molar-refractivity contribution in [3.05, 3.63) is 29.8 Å². The Labute approximate surface area is 183 Å². The molecule has 9 heteroatoms. The van der Waals surface area contributed by atoms with E-state index in [4.69, 9.17) is 10.5 Å². The van der Waals surface area contributed by atoms with Crippen LogP contribution in [0, 0.1) is 5.92 Å². The van der Waals surface area contributed by atoms with Gasteiger partial charge in [-0.15, -0.1) is 12.4 Å². The maximum Gasteiger partial charge on any atom is 0.337 e. The fourth-order valence-corrected chi connectivity index (χ4v) is 4.05. The van der Waals surface area contributed by atoms with Gasteiger partial charge in [0.25, 0.3) is 0 Å². The molecule has 0 radical (unpaired) electrons. The van der Waals surface area contributed by atoms with Crippen molar-refractivity contribution < 1.29 is 19.1 Å². The summed E-state index contributed by atoms with van der Waals surface area (Å²) >= 11 is 0. The van der Waals surface area contributed by atoms with Crippen molar-refractivity contribution in [3.63, 3.8) is 0 Å². The quantitative estimate of drug-likeness (QED) is 0.710. The summed E-state index contributed by atoms with van der Waals surface area (Å²) in [6.07, 6.45) is 1.48. The van der Waals surface area contributed by atoms with Gasteiger partial charge in [0, 0.05) is 57.9 Å². The minimum Gasteiger partial charge on any atom is -0.465 e. The highest BCUT2D eigenvalue weighted by Crippen LogP contribution is 2.22. The number of rotatable bonds is 3. The highest BCUT2D eigenvalue weighted by Gasteiger charge is 2.32. The first-order valence-corrected chi connectivity index (χ1v) is 10.1. The maximum atomic E-state index is 13.1. The van der Waals surface area contributed by atoms with Gasteiger partial charge in [-0.2, -0.15) is 0 Å². The van der Waals surface area contributed by atoms with Crippen molar-refractivity contribution in [2.45, 2.75) is 25.8 Å². The SMILES string of the molecule is COC(=O)c1ccc(N2CCN(C(=O)[C@@H]3CC[C@H](N)CN(C(C)=O)C3)CC2)cc1.Cl. The van der Waals surface area contributed by atoms with E-state index in [1.54, 1.807) is 17.0 Å². The van der Waals surface area contributed by atoms with Crippen molar-refractivity contribution in [3.8, 4) is 0 Å². The number of halogens is 1. The van der Waals surface area contributed by atoms with E-state index in [-0.39, 0.29) is 42.2 Å². The van der Waals surface area contributed by atoms with E-state index >= 15 is 0 Å². The van der Waals surface area contributed by atoms with Crippen LogP contribution in [0.25, 0.3) is 0 Å². The summed E-state index contributed by atoms with van der Waals surface area (Å²) in [7, 11) is 1.37. The van der Waals surface area contributed by atoms with Gasteiger partial charge < -0.3 is 25.2 Å². The molecule has 2 atom stereocenters. The Morgan fingerprint density at radius 3 is 2.17 bits per heavy atom. The van der Waals surface area contributed by atoms with Crippen LogP contribution in [0.2, 0.25) is 0 Å². The number of amides is 2. The summed E-state index contributed by atoms with van der Waals surface area (Å²) < 4.78 is 4.73. The first kappa shape index (κ1) is 24.0. The molecule has 3 rings (SSSR count). The van der Waals surface area contributed by atoms with Crippen molar-refractivity contribution in [1.82, 2.24) is 9.80 Å². The summed E-state index contributed by atoms with van der Waals surface area (Å²) in [6.45, 7) is 5.24. The first-order chi connectivity index (χ1) is 13.9. The Balaban J connectivity index is 0.00000320. The molecule has 30 heavy (non-hydrogen) atoms. The molecule has 0 aliphatic carbocycles. The zero-order valence-electron chi connectivity index (χ0n) is 17.6. The van der Waals surface area contributed by atoms with Gasteiger partial charge >= 0.3 is 5.97 Å². The van der Waals surface area contributed by atoms with E-state index in [0.717, 1.165) is 31.6 Å². The minimum absolute atomic E-state index is 0. The normalized spacial score (nSPS) is 22.0. The van der Waals surface area contributed by atoms with Gasteiger partial charge in [0.15, 0.2) is 0 Å². The lowest BCUT2D eigenvalue weighted by molar-refractivity contribution is -0.138. The monoisotopic (exact) mass is 438 g/mol. The molecule has 2 amide bonds. The molecule has 2 aliphatic heterocycles. The minimum atomic E-state index is -0.352. The molecule has 1 aromatic carbocycles. The highest BCUT2D eigenvalue weighted by atomic mass is 35.5. The molecule has 1 aromatic rings. The van der Waals surface area contributed by atoms with E-state index in [9.17, 15) is 14.4 Å². The van der Waals surface area contributed by atoms with Gasteiger partial charge in [0.05, 0.1) is 18.6 Å². The number of hydrogen-bond donors (Lipinski definition) is 1. The number of hydrogen-bond acceptors (Lipinski definition) is 6. The van der Waals surface area contributed by atoms with Crippen molar-refractivity contribution in [1.29, 1.82) is 0 Å². The second kappa shape index (κ2) is 10.6. The van der Waals surface area contributed by atoms with E-state index < -0.39 is 0 Å². The topological polar surface area (TPSA) is 96.2 Å². The number of esters is 1. The molecule has 2 aliphatic rings. The molecule has 2 N–H and O–H groups in total. The molecular formula is C21H31ClN4O4. The van der Waals surface area contributed by atoms with E-state index in [0.29, 0.717) is 31.7 Å². The van der Waals surface area contributed by atoms with Crippen LogP contribution in [0.3, 0.4) is 0 Å². The Bertz CT molecular complexity index is 750. The van der Waals surface area contributed by atoms with Gasteiger partial charge in [-0.05, 0) is 37.1 Å². The largest absolute Gasteiger partial charge is 0.465 e. The number of ether oxygens (including phenoxy) is 1.